The smallest absolute Gasteiger partial charge is 0.136 e. The standard InChI is InChI=1S/C66H46O4/c67-41-43-19-31-61(59(35-43)55-23-21-47-15-7-9-17-49(47)37-55)69-63-33-27-53-39-51(45-11-3-1-4-12-45)25-29-57(53)65(63)66-58-30-26-52(46-13-5-2-6-14-46)40-54(58)28-34-64(66)70-62-32-20-44(42-68)36-60(62)56-24-22-48-16-8-10-18-50(48)38-56/h1-40,67-68H,41-42H2. The van der Waals surface area contributed by atoms with E-state index in [9.17, 15) is 10.2 Å². The second kappa shape index (κ2) is 18.4. The number of ether oxygens (including phenoxy) is 2. The van der Waals surface area contributed by atoms with Crippen LogP contribution in [0.2, 0.25) is 0 Å². The average molecular weight is 903 g/mol. The fourth-order valence-electron chi connectivity index (χ4n) is 9.86. The molecular formula is C66H46O4. The van der Waals surface area contributed by atoms with Gasteiger partial charge in [0.05, 0.1) is 13.2 Å². The number of hydrogen-bond donors (Lipinski definition) is 2. The van der Waals surface area contributed by atoms with E-state index >= 15 is 0 Å². The van der Waals surface area contributed by atoms with Crippen molar-refractivity contribution in [3.05, 3.63) is 254 Å². The van der Waals surface area contributed by atoms with E-state index < -0.39 is 0 Å². The van der Waals surface area contributed by atoms with Crippen LogP contribution >= 0.6 is 0 Å². The first-order chi connectivity index (χ1) is 34.6. The number of benzene rings is 12. The Hall–Kier alpha value is -8.80. The first-order valence-corrected chi connectivity index (χ1v) is 23.6. The maximum atomic E-state index is 10.4. The van der Waals surface area contributed by atoms with Gasteiger partial charge < -0.3 is 19.7 Å². The summed E-state index contributed by atoms with van der Waals surface area (Å²) in [6.07, 6.45) is 0. The van der Waals surface area contributed by atoms with Gasteiger partial charge in [0.25, 0.3) is 0 Å². The van der Waals surface area contributed by atoms with Gasteiger partial charge in [-0.3, -0.25) is 0 Å². The van der Waals surface area contributed by atoms with E-state index in [2.05, 4.69) is 194 Å². The minimum absolute atomic E-state index is 0.103. The van der Waals surface area contributed by atoms with Crippen molar-refractivity contribution in [2.45, 2.75) is 13.2 Å². The lowest BCUT2D eigenvalue weighted by atomic mass is 9.89. The molecule has 0 saturated heterocycles. The van der Waals surface area contributed by atoms with Crippen molar-refractivity contribution in [2.24, 2.45) is 0 Å². The fraction of sp³-hybridized carbons (Fsp3) is 0.0303. The predicted molar refractivity (Wildman–Crippen MR) is 289 cm³/mol. The summed E-state index contributed by atoms with van der Waals surface area (Å²) in [7, 11) is 0. The quantitative estimate of drug-likeness (QED) is 0.136. The van der Waals surface area contributed by atoms with Crippen LogP contribution in [0.25, 0.3) is 98.7 Å². The second-order valence-electron chi connectivity index (χ2n) is 17.8. The molecule has 0 aliphatic heterocycles. The third-order valence-electron chi connectivity index (χ3n) is 13.4. The SMILES string of the molecule is OCc1ccc(Oc2ccc3cc(-c4ccccc4)ccc3c2-c2c(Oc3ccc(CO)cc3-c3ccc4ccccc4c3)ccc3cc(-c4ccccc4)ccc23)c(-c2ccc3ccccc3c2)c1. The number of aliphatic hydroxyl groups is 2. The maximum absolute atomic E-state index is 10.4. The van der Waals surface area contributed by atoms with Gasteiger partial charge in [-0.15, -0.1) is 0 Å². The van der Waals surface area contributed by atoms with Gasteiger partial charge in [-0.05, 0) is 148 Å². The normalized spacial score (nSPS) is 11.4. The minimum Gasteiger partial charge on any atom is -0.456 e. The summed E-state index contributed by atoms with van der Waals surface area (Å²) in [5.74, 6) is 2.60. The van der Waals surface area contributed by atoms with Crippen LogP contribution in [-0.4, -0.2) is 10.2 Å². The van der Waals surface area contributed by atoms with Gasteiger partial charge in [0.15, 0.2) is 0 Å². The molecule has 0 aliphatic carbocycles. The number of aliphatic hydroxyl groups excluding tert-OH is 2. The summed E-state index contributed by atoms with van der Waals surface area (Å²) in [6.45, 7) is -0.206. The largest absolute Gasteiger partial charge is 0.456 e. The van der Waals surface area contributed by atoms with Gasteiger partial charge in [-0.2, -0.15) is 0 Å². The average Bonchev–Trinajstić information content (AvgIpc) is 3.43. The van der Waals surface area contributed by atoms with E-state index in [-0.39, 0.29) is 13.2 Å². The maximum Gasteiger partial charge on any atom is 0.136 e. The number of fused-ring (bicyclic) bond motifs is 4. The Labute approximate surface area is 406 Å². The van der Waals surface area contributed by atoms with Crippen LogP contribution < -0.4 is 9.47 Å². The molecule has 0 spiro atoms. The molecule has 0 radical (unpaired) electrons. The zero-order chi connectivity index (χ0) is 47.0. The summed E-state index contributed by atoms with van der Waals surface area (Å²) < 4.78 is 14.7. The lowest BCUT2D eigenvalue weighted by molar-refractivity contribution is 0.281. The molecule has 4 heteroatoms. The van der Waals surface area contributed by atoms with E-state index in [1.807, 2.05) is 48.5 Å². The predicted octanol–water partition coefficient (Wildman–Crippen LogP) is 17.2. The molecule has 0 atom stereocenters. The van der Waals surface area contributed by atoms with Crippen molar-refractivity contribution in [2.75, 3.05) is 0 Å². The van der Waals surface area contributed by atoms with Crippen LogP contribution in [0, 0.1) is 0 Å². The zero-order valence-corrected chi connectivity index (χ0v) is 38.2. The Bertz CT molecular complexity index is 3660. The molecule has 4 nitrogen and oxygen atoms in total. The van der Waals surface area contributed by atoms with E-state index in [0.29, 0.717) is 23.0 Å². The topological polar surface area (TPSA) is 58.9 Å². The first-order valence-electron chi connectivity index (χ1n) is 23.6. The molecule has 334 valence electrons. The highest BCUT2D eigenvalue weighted by molar-refractivity contribution is 6.11. The Morgan fingerprint density at radius 2 is 0.614 bits per heavy atom. The Morgan fingerprint density at radius 1 is 0.257 bits per heavy atom. The molecule has 0 bridgehead atoms. The summed E-state index contributed by atoms with van der Waals surface area (Å²) >= 11 is 0. The van der Waals surface area contributed by atoms with Crippen molar-refractivity contribution >= 4 is 43.1 Å². The second-order valence-corrected chi connectivity index (χ2v) is 17.8. The van der Waals surface area contributed by atoms with Crippen LogP contribution in [0.5, 0.6) is 23.0 Å². The molecule has 12 rings (SSSR count). The molecule has 0 amide bonds. The Kier molecular flexibility index (Phi) is 11.2. The van der Waals surface area contributed by atoms with Crippen LogP contribution in [0.4, 0.5) is 0 Å². The molecule has 0 aromatic heterocycles. The lowest BCUT2D eigenvalue weighted by Crippen LogP contribution is -1.98. The van der Waals surface area contributed by atoms with E-state index in [0.717, 1.165) is 110 Å². The van der Waals surface area contributed by atoms with Crippen molar-refractivity contribution in [1.29, 1.82) is 0 Å². The highest BCUT2D eigenvalue weighted by Crippen LogP contribution is 2.50. The highest BCUT2D eigenvalue weighted by atomic mass is 16.5. The number of hydrogen-bond acceptors (Lipinski definition) is 4. The third-order valence-corrected chi connectivity index (χ3v) is 13.4. The van der Waals surface area contributed by atoms with E-state index in [1.54, 1.807) is 0 Å². The van der Waals surface area contributed by atoms with Crippen LogP contribution in [0.15, 0.2) is 243 Å². The molecular weight excluding hydrogens is 857 g/mol. The summed E-state index contributed by atoms with van der Waals surface area (Å²) in [5.41, 5.74) is 11.5. The number of rotatable bonds is 11. The van der Waals surface area contributed by atoms with E-state index in [1.165, 1.54) is 0 Å². The van der Waals surface area contributed by atoms with Crippen molar-refractivity contribution in [1.82, 2.24) is 0 Å². The monoisotopic (exact) mass is 902 g/mol. The molecule has 12 aromatic rings. The summed E-state index contributed by atoms with van der Waals surface area (Å²) in [6, 6.07) is 84.0. The molecule has 70 heavy (non-hydrogen) atoms. The van der Waals surface area contributed by atoms with Crippen LogP contribution in [0.3, 0.4) is 0 Å². The fourth-order valence-corrected chi connectivity index (χ4v) is 9.86. The molecule has 2 N–H and O–H groups in total. The minimum atomic E-state index is -0.103. The Balaban J connectivity index is 1.10. The molecule has 0 fully saturated rings. The zero-order valence-electron chi connectivity index (χ0n) is 38.2. The van der Waals surface area contributed by atoms with Gasteiger partial charge >= 0.3 is 0 Å². The lowest BCUT2D eigenvalue weighted by Gasteiger charge is -2.22. The van der Waals surface area contributed by atoms with Gasteiger partial charge in [0, 0.05) is 22.3 Å². The third kappa shape index (κ3) is 8.11. The molecule has 0 heterocycles. The summed E-state index contributed by atoms with van der Waals surface area (Å²) in [5, 5.41) is 29.4. The van der Waals surface area contributed by atoms with Crippen molar-refractivity contribution < 1.29 is 19.7 Å². The molecule has 0 saturated carbocycles. The van der Waals surface area contributed by atoms with Crippen molar-refractivity contribution in [3.63, 3.8) is 0 Å². The van der Waals surface area contributed by atoms with E-state index in [4.69, 9.17) is 9.47 Å². The van der Waals surface area contributed by atoms with Crippen LogP contribution in [-0.2, 0) is 13.2 Å². The van der Waals surface area contributed by atoms with Gasteiger partial charge in [0.2, 0.25) is 0 Å². The summed E-state index contributed by atoms with van der Waals surface area (Å²) in [4.78, 5) is 0. The van der Waals surface area contributed by atoms with Gasteiger partial charge in [-0.25, -0.2) is 0 Å². The molecule has 0 aliphatic rings. The Morgan fingerprint density at radius 3 is 1.04 bits per heavy atom. The molecule has 0 unspecified atom stereocenters. The van der Waals surface area contributed by atoms with Crippen LogP contribution in [0.1, 0.15) is 11.1 Å². The van der Waals surface area contributed by atoms with Gasteiger partial charge in [0.1, 0.15) is 23.0 Å². The first kappa shape index (κ1) is 42.5. The highest BCUT2D eigenvalue weighted by Gasteiger charge is 2.23. The van der Waals surface area contributed by atoms with Gasteiger partial charge in [-0.1, -0.05) is 182 Å². The van der Waals surface area contributed by atoms with Crippen molar-refractivity contribution in [3.8, 4) is 78.6 Å². The molecule has 12 aromatic carbocycles.